The molecular formula is C18H17N3O3. The molecule has 24 heavy (non-hydrogen) atoms. The van der Waals surface area contributed by atoms with Gasteiger partial charge in [0.1, 0.15) is 0 Å². The quantitative estimate of drug-likeness (QED) is 0.579. The van der Waals surface area contributed by atoms with E-state index in [1.165, 1.54) is 4.68 Å². The molecular weight excluding hydrogens is 306 g/mol. The molecule has 122 valence electrons. The van der Waals surface area contributed by atoms with Gasteiger partial charge in [-0.15, -0.1) is 0 Å². The van der Waals surface area contributed by atoms with Crippen molar-refractivity contribution >= 4 is 0 Å². The number of para-hydroxylation sites is 1. The van der Waals surface area contributed by atoms with E-state index in [0.29, 0.717) is 16.9 Å². The van der Waals surface area contributed by atoms with Crippen molar-refractivity contribution in [1.29, 1.82) is 0 Å². The Morgan fingerprint density at radius 2 is 1.67 bits per heavy atom. The fourth-order valence-corrected chi connectivity index (χ4v) is 2.93. The van der Waals surface area contributed by atoms with Gasteiger partial charge in [0.15, 0.2) is 0 Å². The van der Waals surface area contributed by atoms with Crippen molar-refractivity contribution < 1.29 is 4.92 Å². The van der Waals surface area contributed by atoms with Crippen molar-refractivity contribution in [2.24, 2.45) is 0 Å². The Hall–Kier alpha value is -3.15. The minimum absolute atomic E-state index is 0.255. The van der Waals surface area contributed by atoms with Gasteiger partial charge in [-0.25, -0.2) is 4.68 Å². The van der Waals surface area contributed by atoms with Gasteiger partial charge in [0.05, 0.1) is 17.2 Å². The summed E-state index contributed by atoms with van der Waals surface area (Å²) < 4.78 is 1.43. The van der Waals surface area contributed by atoms with E-state index in [4.69, 9.17) is 0 Å². The fourth-order valence-electron chi connectivity index (χ4n) is 2.93. The number of nitrogens with zero attached hydrogens (tertiary/aromatic N) is 2. The second-order valence-corrected chi connectivity index (χ2v) is 5.61. The summed E-state index contributed by atoms with van der Waals surface area (Å²) in [5.41, 5.74) is 2.27. The number of nitro groups is 1. The summed E-state index contributed by atoms with van der Waals surface area (Å²) in [6.07, 6.45) is 0. The lowest BCUT2D eigenvalue weighted by Crippen LogP contribution is -2.23. The number of benzene rings is 2. The zero-order valence-electron chi connectivity index (χ0n) is 13.2. The minimum Gasteiger partial charge on any atom is -0.295 e. The van der Waals surface area contributed by atoms with Crippen LogP contribution in [0.25, 0.3) is 5.69 Å². The zero-order valence-corrected chi connectivity index (χ0v) is 13.2. The Balaban J connectivity index is 2.14. The van der Waals surface area contributed by atoms with Crippen LogP contribution in [0.4, 0.5) is 0 Å². The van der Waals surface area contributed by atoms with Crippen LogP contribution in [0, 0.1) is 17.0 Å². The highest BCUT2D eigenvalue weighted by Gasteiger charge is 2.27. The van der Waals surface area contributed by atoms with E-state index in [2.05, 4.69) is 5.10 Å². The van der Waals surface area contributed by atoms with E-state index in [0.717, 1.165) is 5.56 Å². The van der Waals surface area contributed by atoms with Gasteiger partial charge in [0, 0.05) is 10.6 Å². The van der Waals surface area contributed by atoms with E-state index in [1.54, 1.807) is 6.92 Å². The largest absolute Gasteiger partial charge is 0.295 e. The SMILES string of the molecule is Cc1[nH]n(-c2ccccc2)c(=O)c1[C@H](C[N+](=O)[O-])c1ccccc1. The van der Waals surface area contributed by atoms with Crippen molar-refractivity contribution in [1.82, 2.24) is 9.78 Å². The summed E-state index contributed by atoms with van der Waals surface area (Å²) >= 11 is 0. The molecule has 1 N–H and O–H groups in total. The Kier molecular flexibility index (Phi) is 4.29. The maximum Gasteiger partial charge on any atom is 0.275 e. The molecule has 0 unspecified atom stereocenters. The molecule has 2 aromatic carbocycles. The third-order valence-electron chi connectivity index (χ3n) is 4.01. The Morgan fingerprint density at radius 1 is 1.08 bits per heavy atom. The van der Waals surface area contributed by atoms with Crippen LogP contribution in [0.3, 0.4) is 0 Å². The summed E-state index contributed by atoms with van der Waals surface area (Å²) in [4.78, 5) is 23.7. The molecule has 1 aromatic heterocycles. The molecule has 0 aliphatic heterocycles. The molecule has 0 spiro atoms. The Morgan fingerprint density at radius 3 is 2.25 bits per heavy atom. The molecule has 0 fully saturated rings. The van der Waals surface area contributed by atoms with Crippen LogP contribution in [0.1, 0.15) is 22.7 Å². The van der Waals surface area contributed by atoms with Crippen LogP contribution in [-0.2, 0) is 0 Å². The second kappa shape index (κ2) is 6.54. The maximum atomic E-state index is 12.9. The van der Waals surface area contributed by atoms with E-state index in [9.17, 15) is 14.9 Å². The van der Waals surface area contributed by atoms with Crippen LogP contribution in [-0.4, -0.2) is 21.2 Å². The third-order valence-corrected chi connectivity index (χ3v) is 4.01. The number of hydrogen-bond acceptors (Lipinski definition) is 3. The van der Waals surface area contributed by atoms with Crippen LogP contribution in [0.5, 0.6) is 0 Å². The molecule has 0 bridgehead atoms. The smallest absolute Gasteiger partial charge is 0.275 e. The van der Waals surface area contributed by atoms with Gasteiger partial charge in [0.2, 0.25) is 6.54 Å². The summed E-state index contributed by atoms with van der Waals surface area (Å²) in [6, 6.07) is 18.3. The summed E-state index contributed by atoms with van der Waals surface area (Å²) in [6.45, 7) is 1.44. The number of hydrogen-bond donors (Lipinski definition) is 1. The number of aromatic nitrogens is 2. The second-order valence-electron chi connectivity index (χ2n) is 5.61. The highest BCUT2D eigenvalue weighted by atomic mass is 16.6. The van der Waals surface area contributed by atoms with E-state index >= 15 is 0 Å². The Bertz CT molecular complexity index is 898. The fraction of sp³-hybridized carbons (Fsp3) is 0.167. The normalized spacial score (nSPS) is 12.0. The third kappa shape index (κ3) is 2.99. The van der Waals surface area contributed by atoms with E-state index in [1.807, 2.05) is 60.7 Å². The van der Waals surface area contributed by atoms with Crippen molar-refractivity contribution in [3.8, 4) is 5.69 Å². The first-order valence-corrected chi connectivity index (χ1v) is 7.61. The van der Waals surface area contributed by atoms with Crippen molar-refractivity contribution in [2.45, 2.75) is 12.8 Å². The number of rotatable bonds is 5. The molecule has 0 saturated heterocycles. The molecule has 0 aliphatic carbocycles. The van der Waals surface area contributed by atoms with Crippen molar-refractivity contribution in [2.75, 3.05) is 6.54 Å². The summed E-state index contributed by atoms with van der Waals surface area (Å²) in [5.74, 6) is -0.588. The van der Waals surface area contributed by atoms with Gasteiger partial charge in [0.25, 0.3) is 5.56 Å². The maximum absolute atomic E-state index is 12.9. The van der Waals surface area contributed by atoms with Gasteiger partial charge in [-0.05, 0) is 24.6 Å². The lowest BCUT2D eigenvalue weighted by Gasteiger charge is -2.11. The predicted molar refractivity (Wildman–Crippen MR) is 91.3 cm³/mol. The van der Waals surface area contributed by atoms with Crippen LogP contribution < -0.4 is 5.56 Å². The van der Waals surface area contributed by atoms with Crippen LogP contribution in [0.15, 0.2) is 65.5 Å². The van der Waals surface area contributed by atoms with E-state index in [-0.39, 0.29) is 17.0 Å². The molecule has 3 aromatic rings. The highest BCUT2D eigenvalue weighted by molar-refractivity contribution is 5.38. The lowest BCUT2D eigenvalue weighted by molar-refractivity contribution is -0.481. The molecule has 3 rings (SSSR count). The zero-order chi connectivity index (χ0) is 17.1. The standard InChI is InChI=1S/C18H17N3O3/c1-13-17(16(12-20(23)24)14-8-4-2-5-9-14)18(22)21(19-13)15-10-6-3-7-11-15/h2-11,16,19H,12H2,1H3/t16-/m1/s1. The molecule has 1 atom stereocenters. The number of nitrogens with one attached hydrogen (secondary N) is 1. The van der Waals surface area contributed by atoms with Crippen molar-refractivity contribution in [3.05, 3.63) is 98.0 Å². The lowest BCUT2D eigenvalue weighted by atomic mass is 9.91. The van der Waals surface area contributed by atoms with Gasteiger partial charge in [-0.2, -0.15) is 0 Å². The topological polar surface area (TPSA) is 80.9 Å². The average Bonchev–Trinajstić information content (AvgIpc) is 2.89. The molecule has 0 radical (unpaired) electrons. The van der Waals surface area contributed by atoms with Crippen molar-refractivity contribution in [3.63, 3.8) is 0 Å². The monoisotopic (exact) mass is 323 g/mol. The average molecular weight is 323 g/mol. The van der Waals surface area contributed by atoms with Gasteiger partial charge >= 0.3 is 0 Å². The summed E-state index contributed by atoms with van der Waals surface area (Å²) in [5, 5.41) is 14.2. The first-order valence-electron chi connectivity index (χ1n) is 7.61. The van der Waals surface area contributed by atoms with Gasteiger partial charge < -0.3 is 0 Å². The molecule has 0 aliphatic rings. The Labute approximate surface area is 138 Å². The van der Waals surface area contributed by atoms with Gasteiger partial charge in [-0.3, -0.25) is 20.0 Å². The first-order chi connectivity index (χ1) is 11.6. The number of aryl methyl sites for hydroxylation is 1. The minimum atomic E-state index is -0.588. The van der Waals surface area contributed by atoms with E-state index < -0.39 is 5.92 Å². The van der Waals surface area contributed by atoms with Crippen LogP contribution in [0.2, 0.25) is 0 Å². The molecule has 6 nitrogen and oxygen atoms in total. The highest BCUT2D eigenvalue weighted by Crippen LogP contribution is 2.25. The first kappa shape index (κ1) is 15.7. The molecule has 0 amide bonds. The molecule has 6 heteroatoms. The summed E-state index contributed by atoms with van der Waals surface area (Å²) in [7, 11) is 0. The predicted octanol–water partition coefficient (Wildman–Crippen LogP) is 2.88. The molecule has 1 heterocycles. The number of H-pyrrole nitrogens is 1. The number of aromatic amines is 1. The molecule has 0 saturated carbocycles. The van der Waals surface area contributed by atoms with Crippen LogP contribution >= 0.6 is 0 Å². The van der Waals surface area contributed by atoms with Gasteiger partial charge in [-0.1, -0.05) is 48.5 Å².